The summed E-state index contributed by atoms with van der Waals surface area (Å²) in [5.74, 6) is 0.756. The van der Waals surface area contributed by atoms with E-state index in [2.05, 4.69) is 23.7 Å². The summed E-state index contributed by atoms with van der Waals surface area (Å²) in [5.41, 5.74) is 1.61. The number of rotatable bonds is 8. The molecule has 1 N–H and O–H groups in total. The van der Waals surface area contributed by atoms with Gasteiger partial charge in [-0.25, -0.2) is 0 Å². The summed E-state index contributed by atoms with van der Waals surface area (Å²) in [7, 11) is 0. The van der Waals surface area contributed by atoms with Crippen LogP contribution in [0.1, 0.15) is 20.3 Å². The smallest absolute Gasteiger partial charge is 0.256 e. The Balaban J connectivity index is 1.94. The number of fused-ring (bicyclic) bond motifs is 1. The predicted molar refractivity (Wildman–Crippen MR) is 108 cm³/mol. The number of hydrogen-bond donors (Lipinski definition) is 1. The molecule has 136 valence electrons. The van der Waals surface area contributed by atoms with Gasteiger partial charge in [-0.2, -0.15) is 0 Å². The lowest BCUT2D eigenvalue weighted by atomic mass is 10.1. The Morgan fingerprint density at radius 3 is 2.27 bits per heavy atom. The van der Waals surface area contributed by atoms with Crippen LogP contribution in [0.5, 0.6) is 5.75 Å². The predicted octanol–water partition coefficient (Wildman–Crippen LogP) is 4.31. The molecule has 1 heterocycles. The average molecular weight is 350 g/mol. The van der Waals surface area contributed by atoms with E-state index in [4.69, 9.17) is 4.74 Å². The molecule has 0 saturated carbocycles. The van der Waals surface area contributed by atoms with Gasteiger partial charge in [0.1, 0.15) is 0 Å². The third kappa shape index (κ3) is 3.97. The van der Waals surface area contributed by atoms with E-state index in [-0.39, 0.29) is 5.56 Å². The van der Waals surface area contributed by atoms with Crippen LogP contribution in [0.25, 0.3) is 22.0 Å². The minimum absolute atomic E-state index is 0.0880. The second-order valence-corrected chi connectivity index (χ2v) is 6.30. The first-order chi connectivity index (χ1) is 12.7. The van der Waals surface area contributed by atoms with Crippen LogP contribution in [-0.4, -0.2) is 36.1 Å². The second-order valence-electron chi connectivity index (χ2n) is 6.30. The molecule has 0 aliphatic carbocycles. The van der Waals surface area contributed by atoms with Crippen molar-refractivity contribution in [2.45, 2.75) is 20.3 Å². The molecule has 0 bridgehead atoms. The van der Waals surface area contributed by atoms with Crippen molar-refractivity contribution in [2.24, 2.45) is 0 Å². The molecule has 0 aliphatic heterocycles. The monoisotopic (exact) mass is 350 g/mol. The van der Waals surface area contributed by atoms with Crippen molar-refractivity contribution in [3.05, 3.63) is 65.0 Å². The Bertz CT molecular complexity index is 899. The fraction of sp³-hybridized carbons (Fsp3) is 0.318. The van der Waals surface area contributed by atoms with Gasteiger partial charge in [-0.1, -0.05) is 62.4 Å². The van der Waals surface area contributed by atoms with E-state index in [0.717, 1.165) is 48.4 Å². The van der Waals surface area contributed by atoms with E-state index >= 15 is 0 Å². The van der Waals surface area contributed by atoms with Gasteiger partial charge < -0.3 is 14.6 Å². The first-order valence-electron chi connectivity index (χ1n) is 9.30. The summed E-state index contributed by atoms with van der Waals surface area (Å²) in [5, 5.41) is 1.52. The molecule has 0 spiro atoms. The van der Waals surface area contributed by atoms with E-state index < -0.39 is 0 Å². The molecule has 26 heavy (non-hydrogen) atoms. The van der Waals surface area contributed by atoms with Crippen molar-refractivity contribution in [1.29, 1.82) is 0 Å². The van der Waals surface area contributed by atoms with Gasteiger partial charge in [0.2, 0.25) is 0 Å². The number of nitrogens with zero attached hydrogens (tertiary/aromatic N) is 1. The van der Waals surface area contributed by atoms with Crippen LogP contribution in [0.4, 0.5) is 0 Å². The van der Waals surface area contributed by atoms with Gasteiger partial charge in [0.25, 0.3) is 5.56 Å². The molecular formula is C22H26N2O2. The summed E-state index contributed by atoms with van der Waals surface area (Å²) in [4.78, 5) is 17.9. The first-order valence-corrected chi connectivity index (χ1v) is 9.30. The van der Waals surface area contributed by atoms with E-state index in [9.17, 15) is 4.79 Å². The number of pyridine rings is 1. The van der Waals surface area contributed by atoms with Crippen LogP contribution < -0.4 is 10.3 Å². The number of aromatic amines is 1. The summed E-state index contributed by atoms with van der Waals surface area (Å²) in [6.45, 7) is 8.07. The largest absolute Gasteiger partial charge is 0.491 e. The normalized spacial score (nSPS) is 11.2. The molecule has 2 aromatic carbocycles. The van der Waals surface area contributed by atoms with Crippen LogP contribution in [-0.2, 0) is 0 Å². The fourth-order valence-electron chi connectivity index (χ4n) is 3.21. The van der Waals surface area contributed by atoms with Gasteiger partial charge in [0.15, 0.2) is 5.75 Å². The highest BCUT2D eigenvalue weighted by atomic mass is 16.5. The number of aromatic nitrogens is 1. The summed E-state index contributed by atoms with van der Waals surface area (Å²) < 4.78 is 6.20. The molecule has 0 saturated heterocycles. The van der Waals surface area contributed by atoms with Crippen molar-refractivity contribution >= 4 is 10.8 Å². The van der Waals surface area contributed by atoms with Gasteiger partial charge in [-0.05, 0) is 25.6 Å². The van der Waals surface area contributed by atoms with Gasteiger partial charge in [0.05, 0.1) is 17.7 Å². The van der Waals surface area contributed by atoms with Gasteiger partial charge in [0, 0.05) is 17.5 Å². The molecule has 4 nitrogen and oxygen atoms in total. The van der Waals surface area contributed by atoms with Crippen molar-refractivity contribution in [3.8, 4) is 17.0 Å². The van der Waals surface area contributed by atoms with Crippen molar-refractivity contribution in [3.63, 3.8) is 0 Å². The lowest BCUT2D eigenvalue weighted by molar-refractivity contribution is 0.250. The van der Waals surface area contributed by atoms with Crippen LogP contribution in [0.2, 0.25) is 0 Å². The Morgan fingerprint density at radius 1 is 0.923 bits per heavy atom. The van der Waals surface area contributed by atoms with E-state index in [0.29, 0.717) is 12.0 Å². The molecule has 3 aromatic rings. The fourth-order valence-corrected chi connectivity index (χ4v) is 3.21. The lowest BCUT2D eigenvalue weighted by Crippen LogP contribution is -2.25. The van der Waals surface area contributed by atoms with E-state index in [1.807, 2.05) is 54.6 Å². The number of H-pyrrole nitrogens is 1. The Morgan fingerprint density at radius 2 is 1.58 bits per heavy atom. The number of hydrogen-bond acceptors (Lipinski definition) is 3. The molecule has 4 heteroatoms. The quantitative estimate of drug-likeness (QED) is 0.616. The minimum Gasteiger partial charge on any atom is -0.491 e. The molecule has 0 amide bonds. The molecule has 3 rings (SSSR count). The van der Waals surface area contributed by atoms with Gasteiger partial charge in [-0.15, -0.1) is 0 Å². The standard InChI is InChI=1S/C22H26N2O2/c1-3-24(4-2)15-10-16-26-21-18-13-8-9-14-19(18)22(25)23-20(21)17-11-6-5-7-12-17/h5-9,11-14H,3-4,10,15-16H2,1-2H3,(H,23,25). The Labute approximate surface area is 154 Å². The van der Waals surface area contributed by atoms with E-state index in [1.54, 1.807) is 0 Å². The zero-order valence-corrected chi connectivity index (χ0v) is 15.5. The van der Waals surface area contributed by atoms with Crippen molar-refractivity contribution in [1.82, 2.24) is 9.88 Å². The third-order valence-corrected chi connectivity index (χ3v) is 4.70. The molecule has 0 atom stereocenters. The minimum atomic E-state index is -0.0880. The van der Waals surface area contributed by atoms with Gasteiger partial charge in [-0.3, -0.25) is 4.79 Å². The molecule has 1 aromatic heterocycles. The zero-order valence-electron chi connectivity index (χ0n) is 15.5. The molecule has 0 aliphatic rings. The van der Waals surface area contributed by atoms with Crippen LogP contribution in [0.15, 0.2) is 59.4 Å². The zero-order chi connectivity index (χ0) is 18.4. The third-order valence-electron chi connectivity index (χ3n) is 4.70. The van der Waals surface area contributed by atoms with Crippen LogP contribution in [0, 0.1) is 0 Å². The molecular weight excluding hydrogens is 324 g/mol. The summed E-state index contributed by atoms with van der Waals surface area (Å²) in [6, 6.07) is 17.5. The maximum Gasteiger partial charge on any atom is 0.256 e. The van der Waals surface area contributed by atoms with Crippen LogP contribution in [0.3, 0.4) is 0 Å². The molecule has 0 fully saturated rings. The highest BCUT2D eigenvalue weighted by Gasteiger charge is 2.14. The summed E-state index contributed by atoms with van der Waals surface area (Å²) in [6.07, 6.45) is 0.948. The number of benzene rings is 2. The molecule has 0 unspecified atom stereocenters. The first kappa shape index (κ1) is 18.2. The highest BCUT2D eigenvalue weighted by molar-refractivity contribution is 5.92. The second kappa shape index (κ2) is 8.68. The topological polar surface area (TPSA) is 45.3 Å². The summed E-state index contributed by atoms with van der Waals surface area (Å²) >= 11 is 0. The maximum atomic E-state index is 12.5. The van der Waals surface area contributed by atoms with Crippen LogP contribution >= 0.6 is 0 Å². The van der Waals surface area contributed by atoms with Crippen molar-refractivity contribution < 1.29 is 4.74 Å². The highest BCUT2D eigenvalue weighted by Crippen LogP contribution is 2.33. The lowest BCUT2D eigenvalue weighted by Gasteiger charge is -2.19. The van der Waals surface area contributed by atoms with E-state index in [1.165, 1.54) is 0 Å². The number of ether oxygens (including phenoxy) is 1. The SMILES string of the molecule is CCN(CC)CCCOc1c(-c2ccccc2)[nH]c(=O)c2ccccc12. The Kier molecular flexibility index (Phi) is 6.08. The maximum absolute atomic E-state index is 12.5. The Hall–Kier alpha value is -2.59. The van der Waals surface area contributed by atoms with Gasteiger partial charge >= 0.3 is 0 Å². The molecule has 0 radical (unpaired) electrons. The van der Waals surface area contributed by atoms with Crippen molar-refractivity contribution in [2.75, 3.05) is 26.2 Å². The number of nitrogens with one attached hydrogen (secondary N) is 1. The average Bonchev–Trinajstić information content (AvgIpc) is 2.70.